The van der Waals surface area contributed by atoms with E-state index in [2.05, 4.69) is 30.3 Å². The molecule has 5 heteroatoms. The van der Waals surface area contributed by atoms with Gasteiger partial charge in [-0.2, -0.15) is 0 Å². The van der Waals surface area contributed by atoms with Gasteiger partial charge in [0.2, 0.25) is 5.91 Å². The fourth-order valence-electron chi connectivity index (χ4n) is 2.90. The second-order valence-electron chi connectivity index (χ2n) is 6.17. The maximum Gasteiger partial charge on any atom is 0.223 e. The first kappa shape index (κ1) is 14.3. The van der Waals surface area contributed by atoms with Gasteiger partial charge in [-0.25, -0.2) is 4.98 Å². The van der Waals surface area contributed by atoms with Gasteiger partial charge < -0.3 is 9.88 Å². The number of carbonyl (C=O) groups excluding carboxylic acids is 1. The van der Waals surface area contributed by atoms with Crippen molar-refractivity contribution in [2.75, 3.05) is 13.1 Å². The summed E-state index contributed by atoms with van der Waals surface area (Å²) < 4.78 is 0. The van der Waals surface area contributed by atoms with Gasteiger partial charge in [-0.05, 0) is 24.3 Å². The van der Waals surface area contributed by atoms with Gasteiger partial charge in [0.05, 0.1) is 4.88 Å². The van der Waals surface area contributed by atoms with Crippen molar-refractivity contribution in [3.63, 3.8) is 0 Å². The highest BCUT2D eigenvalue weighted by atomic mass is 32.1. The van der Waals surface area contributed by atoms with Gasteiger partial charge in [-0.3, -0.25) is 4.79 Å². The Morgan fingerprint density at radius 2 is 2.33 bits per heavy atom. The number of likely N-dealkylation sites (tertiary alicyclic amines) is 1. The lowest BCUT2D eigenvalue weighted by Crippen LogP contribution is -2.29. The van der Waals surface area contributed by atoms with Gasteiger partial charge in [0.15, 0.2) is 0 Å². The van der Waals surface area contributed by atoms with Gasteiger partial charge in [0, 0.05) is 31.1 Å². The van der Waals surface area contributed by atoms with Gasteiger partial charge in [-0.1, -0.05) is 19.9 Å². The van der Waals surface area contributed by atoms with Crippen LogP contribution in [0.4, 0.5) is 0 Å². The molecule has 3 rings (SSSR count). The van der Waals surface area contributed by atoms with E-state index in [1.54, 1.807) is 11.3 Å². The van der Waals surface area contributed by atoms with Gasteiger partial charge in [0.1, 0.15) is 11.5 Å². The maximum atomic E-state index is 12.1. The van der Waals surface area contributed by atoms with E-state index in [9.17, 15) is 4.79 Å². The number of nitrogens with zero attached hydrogens (tertiary/aromatic N) is 2. The molecule has 1 N–H and O–H groups in total. The van der Waals surface area contributed by atoms with Gasteiger partial charge in [0.25, 0.3) is 0 Å². The summed E-state index contributed by atoms with van der Waals surface area (Å²) in [6, 6.07) is 4.12. The minimum atomic E-state index is 0.198. The predicted octanol–water partition coefficient (Wildman–Crippen LogP) is 3.42. The van der Waals surface area contributed by atoms with E-state index in [0.717, 1.165) is 30.3 Å². The van der Waals surface area contributed by atoms with Crippen molar-refractivity contribution in [2.45, 2.75) is 33.1 Å². The second-order valence-corrected chi connectivity index (χ2v) is 7.11. The zero-order chi connectivity index (χ0) is 15.0. The Morgan fingerprint density at radius 1 is 1.52 bits per heavy atom. The standard InChI is InChI=1S/C16H21N3OS/c1-10(2)8-19-9-12(7-14(19)20)16-17-11(3)15(18-16)13-5-4-6-21-13/h4-6,10,12H,7-9H2,1-3H3,(H,17,18)/t12-/m1/s1. The van der Waals surface area contributed by atoms with Crippen molar-refractivity contribution in [1.82, 2.24) is 14.9 Å². The highest BCUT2D eigenvalue weighted by Crippen LogP contribution is 2.31. The molecule has 21 heavy (non-hydrogen) atoms. The summed E-state index contributed by atoms with van der Waals surface area (Å²) in [5, 5.41) is 2.06. The molecular formula is C16H21N3OS. The number of nitrogens with one attached hydrogen (secondary N) is 1. The fraction of sp³-hybridized carbons (Fsp3) is 0.500. The van der Waals surface area contributed by atoms with E-state index in [4.69, 9.17) is 4.98 Å². The van der Waals surface area contributed by atoms with Crippen LogP contribution in [0, 0.1) is 12.8 Å². The Balaban J connectivity index is 1.80. The second kappa shape index (κ2) is 5.64. The summed E-state index contributed by atoms with van der Waals surface area (Å²) in [6.45, 7) is 7.97. The van der Waals surface area contributed by atoms with Crippen LogP contribution in [0.15, 0.2) is 17.5 Å². The topological polar surface area (TPSA) is 49.0 Å². The summed E-state index contributed by atoms with van der Waals surface area (Å²) >= 11 is 1.70. The molecule has 1 aliphatic rings. The first-order valence-corrected chi connectivity index (χ1v) is 8.30. The van der Waals surface area contributed by atoms with E-state index < -0.39 is 0 Å². The number of rotatable bonds is 4. The van der Waals surface area contributed by atoms with E-state index in [1.165, 1.54) is 4.88 Å². The Morgan fingerprint density at radius 3 is 3.00 bits per heavy atom. The summed E-state index contributed by atoms with van der Waals surface area (Å²) in [6.07, 6.45) is 0.573. The molecule has 0 spiro atoms. The molecule has 1 atom stereocenters. The van der Waals surface area contributed by atoms with Crippen molar-refractivity contribution in [3.05, 3.63) is 29.0 Å². The number of hydrogen-bond donors (Lipinski definition) is 1. The predicted molar refractivity (Wildman–Crippen MR) is 85.4 cm³/mol. The summed E-state index contributed by atoms with van der Waals surface area (Å²) in [5.74, 6) is 1.91. The monoisotopic (exact) mass is 303 g/mol. The van der Waals surface area contributed by atoms with E-state index in [0.29, 0.717) is 12.3 Å². The van der Waals surface area contributed by atoms with Crippen molar-refractivity contribution < 1.29 is 4.79 Å². The van der Waals surface area contributed by atoms with Gasteiger partial charge >= 0.3 is 0 Å². The quantitative estimate of drug-likeness (QED) is 0.941. The van der Waals surface area contributed by atoms with Crippen molar-refractivity contribution >= 4 is 17.2 Å². The third-order valence-corrected chi connectivity index (χ3v) is 4.72. The number of aromatic amines is 1. The number of aromatic nitrogens is 2. The largest absolute Gasteiger partial charge is 0.345 e. The van der Waals surface area contributed by atoms with Crippen LogP contribution >= 0.6 is 11.3 Å². The SMILES string of the molecule is Cc1[nH]c([C@@H]2CC(=O)N(CC(C)C)C2)nc1-c1cccs1. The molecule has 3 heterocycles. The van der Waals surface area contributed by atoms with Crippen molar-refractivity contribution in [2.24, 2.45) is 5.92 Å². The first-order chi connectivity index (χ1) is 10.0. The van der Waals surface area contributed by atoms with Crippen LogP contribution in [0.1, 0.15) is 37.7 Å². The number of amides is 1. The van der Waals surface area contributed by atoms with Crippen molar-refractivity contribution in [1.29, 1.82) is 0 Å². The van der Waals surface area contributed by atoms with E-state index in [-0.39, 0.29) is 11.8 Å². The molecule has 112 valence electrons. The molecular weight excluding hydrogens is 282 g/mol. The summed E-state index contributed by atoms with van der Waals surface area (Å²) in [4.78, 5) is 23.4. The summed E-state index contributed by atoms with van der Waals surface area (Å²) in [7, 11) is 0. The molecule has 2 aromatic heterocycles. The van der Waals surface area contributed by atoms with Crippen LogP contribution in [-0.2, 0) is 4.79 Å². The highest BCUT2D eigenvalue weighted by molar-refractivity contribution is 7.13. The molecule has 4 nitrogen and oxygen atoms in total. The number of aryl methyl sites for hydroxylation is 1. The summed E-state index contributed by atoms with van der Waals surface area (Å²) in [5.41, 5.74) is 2.11. The maximum absolute atomic E-state index is 12.1. The lowest BCUT2D eigenvalue weighted by Gasteiger charge is -2.18. The number of hydrogen-bond acceptors (Lipinski definition) is 3. The molecule has 0 aliphatic carbocycles. The lowest BCUT2D eigenvalue weighted by atomic mass is 10.1. The normalized spacial score (nSPS) is 19.0. The van der Waals surface area contributed by atoms with Crippen molar-refractivity contribution in [3.8, 4) is 10.6 Å². The van der Waals surface area contributed by atoms with Crippen LogP contribution in [0.3, 0.4) is 0 Å². The van der Waals surface area contributed by atoms with Crippen LogP contribution in [0.25, 0.3) is 10.6 Å². The number of carbonyl (C=O) groups is 1. The number of H-pyrrole nitrogens is 1. The van der Waals surface area contributed by atoms with Gasteiger partial charge in [-0.15, -0.1) is 11.3 Å². The van der Waals surface area contributed by atoms with E-state index >= 15 is 0 Å². The highest BCUT2D eigenvalue weighted by Gasteiger charge is 2.33. The Hall–Kier alpha value is -1.62. The van der Waals surface area contributed by atoms with E-state index in [1.807, 2.05) is 17.9 Å². The number of imidazole rings is 1. The minimum absolute atomic E-state index is 0.198. The van der Waals surface area contributed by atoms with Crippen LogP contribution in [0.5, 0.6) is 0 Å². The molecule has 2 aromatic rings. The molecule has 0 unspecified atom stereocenters. The Labute approximate surface area is 129 Å². The van der Waals surface area contributed by atoms with Crippen LogP contribution in [-0.4, -0.2) is 33.9 Å². The molecule has 0 aromatic carbocycles. The third-order valence-electron chi connectivity index (χ3n) is 3.84. The van der Waals surface area contributed by atoms with Crippen LogP contribution < -0.4 is 0 Å². The average Bonchev–Trinajstić information content (AvgIpc) is 3.10. The third kappa shape index (κ3) is 2.88. The lowest BCUT2D eigenvalue weighted by molar-refractivity contribution is -0.128. The molecule has 1 saturated heterocycles. The molecule has 0 saturated carbocycles. The average molecular weight is 303 g/mol. The Kier molecular flexibility index (Phi) is 3.85. The molecule has 1 aliphatic heterocycles. The number of thiophene rings is 1. The molecule has 1 fully saturated rings. The first-order valence-electron chi connectivity index (χ1n) is 7.42. The molecule has 1 amide bonds. The Bertz CT molecular complexity index is 630. The molecule has 0 radical (unpaired) electrons. The van der Waals surface area contributed by atoms with Crippen LogP contribution in [0.2, 0.25) is 0 Å². The minimum Gasteiger partial charge on any atom is -0.345 e. The molecule has 0 bridgehead atoms. The fourth-order valence-corrected chi connectivity index (χ4v) is 3.67. The zero-order valence-electron chi connectivity index (χ0n) is 12.7. The zero-order valence-corrected chi connectivity index (χ0v) is 13.5. The smallest absolute Gasteiger partial charge is 0.223 e.